The zero-order valence-electron chi connectivity index (χ0n) is 11.2. The minimum Gasteiger partial charge on any atom is -0.300 e. The third-order valence-corrected chi connectivity index (χ3v) is 7.01. The van der Waals surface area contributed by atoms with Gasteiger partial charge in [-0.15, -0.1) is 0 Å². The summed E-state index contributed by atoms with van der Waals surface area (Å²) in [7, 11) is -2.70. The molecule has 2 atom stereocenters. The third kappa shape index (κ3) is 2.74. The van der Waals surface area contributed by atoms with E-state index in [1.807, 2.05) is 0 Å². The van der Waals surface area contributed by atoms with Crippen molar-refractivity contribution in [2.75, 3.05) is 24.6 Å². The predicted molar refractivity (Wildman–Crippen MR) is 73.3 cm³/mol. The van der Waals surface area contributed by atoms with Crippen LogP contribution < -0.4 is 0 Å². The Morgan fingerprint density at radius 3 is 2.44 bits per heavy atom. The van der Waals surface area contributed by atoms with E-state index in [1.165, 1.54) is 45.1 Å². The molecule has 104 valence electrons. The van der Waals surface area contributed by atoms with Gasteiger partial charge in [0.05, 0.1) is 11.5 Å². The second-order valence-corrected chi connectivity index (χ2v) is 8.75. The fourth-order valence-electron chi connectivity index (χ4n) is 4.30. The van der Waals surface area contributed by atoms with Gasteiger partial charge in [0.2, 0.25) is 0 Å². The first-order valence-electron chi connectivity index (χ1n) is 7.58. The lowest BCUT2D eigenvalue weighted by Gasteiger charge is -2.31. The molecule has 18 heavy (non-hydrogen) atoms. The van der Waals surface area contributed by atoms with Gasteiger partial charge < -0.3 is 0 Å². The molecule has 0 aromatic rings. The summed E-state index contributed by atoms with van der Waals surface area (Å²) in [4.78, 5) is 2.63. The number of rotatable bonds is 3. The van der Waals surface area contributed by atoms with Crippen molar-refractivity contribution in [3.63, 3.8) is 0 Å². The molecule has 0 amide bonds. The molecule has 1 saturated carbocycles. The van der Waals surface area contributed by atoms with E-state index in [-0.39, 0.29) is 0 Å². The molecule has 0 aromatic heterocycles. The van der Waals surface area contributed by atoms with E-state index in [0.717, 1.165) is 24.9 Å². The van der Waals surface area contributed by atoms with Gasteiger partial charge in [-0.3, -0.25) is 4.90 Å². The molecule has 0 spiro atoms. The quantitative estimate of drug-likeness (QED) is 0.788. The zero-order valence-corrected chi connectivity index (χ0v) is 12.0. The lowest BCUT2D eigenvalue weighted by molar-refractivity contribution is 0.170. The lowest BCUT2D eigenvalue weighted by atomic mass is 9.95. The van der Waals surface area contributed by atoms with Crippen molar-refractivity contribution in [1.29, 1.82) is 0 Å². The highest BCUT2D eigenvalue weighted by atomic mass is 32.2. The fraction of sp³-hybridized carbons (Fsp3) is 1.00. The first-order valence-corrected chi connectivity index (χ1v) is 9.41. The largest absolute Gasteiger partial charge is 0.300 e. The standard InChI is InChI=1S/C14H25NO2S/c16-18(17)9-7-12(11-18)10-15-8-3-6-14(15)13-4-1-2-5-13/h12-14H,1-11H2. The van der Waals surface area contributed by atoms with Crippen LogP contribution in [0, 0.1) is 11.8 Å². The van der Waals surface area contributed by atoms with Crippen molar-refractivity contribution in [2.45, 2.75) is 51.0 Å². The van der Waals surface area contributed by atoms with Crippen molar-refractivity contribution in [1.82, 2.24) is 4.90 Å². The van der Waals surface area contributed by atoms with Crippen LogP contribution in [0.1, 0.15) is 44.9 Å². The summed E-state index contributed by atoms with van der Waals surface area (Å²) in [6, 6.07) is 0.774. The fourth-order valence-corrected chi connectivity index (χ4v) is 6.15. The van der Waals surface area contributed by atoms with E-state index in [4.69, 9.17) is 0 Å². The van der Waals surface area contributed by atoms with Crippen LogP contribution in [0.15, 0.2) is 0 Å². The average molecular weight is 271 g/mol. The molecule has 0 N–H and O–H groups in total. The second kappa shape index (κ2) is 5.12. The van der Waals surface area contributed by atoms with E-state index in [9.17, 15) is 8.42 Å². The number of hydrogen-bond acceptors (Lipinski definition) is 3. The molecule has 3 aliphatic rings. The Bertz CT molecular complexity index is 387. The summed E-state index contributed by atoms with van der Waals surface area (Å²) in [6.45, 7) is 2.25. The molecule has 3 fully saturated rings. The van der Waals surface area contributed by atoms with Crippen LogP contribution in [0.3, 0.4) is 0 Å². The van der Waals surface area contributed by atoms with Crippen molar-refractivity contribution < 1.29 is 8.42 Å². The maximum atomic E-state index is 11.5. The Balaban J connectivity index is 1.58. The second-order valence-electron chi connectivity index (χ2n) is 6.52. The predicted octanol–water partition coefficient (Wildman–Crippen LogP) is 2.08. The highest BCUT2D eigenvalue weighted by Crippen LogP contribution is 2.36. The van der Waals surface area contributed by atoms with Crippen LogP contribution in [0.2, 0.25) is 0 Å². The van der Waals surface area contributed by atoms with Gasteiger partial charge in [-0.1, -0.05) is 12.8 Å². The van der Waals surface area contributed by atoms with Crippen molar-refractivity contribution in [3.8, 4) is 0 Å². The summed E-state index contributed by atoms with van der Waals surface area (Å²) in [5.74, 6) is 2.20. The molecule has 3 nitrogen and oxygen atoms in total. The molecule has 0 radical (unpaired) electrons. The Labute approximate surface area is 111 Å². The van der Waals surface area contributed by atoms with Crippen LogP contribution in [-0.2, 0) is 9.84 Å². The van der Waals surface area contributed by atoms with Crippen LogP contribution in [0.5, 0.6) is 0 Å². The topological polar surface area (TPSA) is 37.4 Å². The maximum Gasteiger partial charge on any atom is 0.150 e. The lowest BCUT2D eigenvalue weighted by Crippen LogP contribution is -2.38. The minimum atomic E-state index is -2.70. The zero-order chi connectivity index (χ0) is 12.6. The van der Waals surface area contributed by atoms with Gasteiger partial charge in [0, 0.05) is 12.6 Å². The SMILES string of the molecule is O=S1(=O)CCC(CN2CCCC2C2CCCC2)C1. The molecular weight excluding hydrogens is 246 g/mol. The van der Waals surface area contributed by atoms with E-state index in [0.29, 0.717) is 17.4 Å². The summed E-state index contributed by atoms with van der Waals surface area (Å²) in [5.41, 5.74) is 0. The normalized spacial score (nSPS) is 37.6. The number of sulfone groups is 1. The Morgan fingerprint density at radius 1 is 1.00 bits per heavy atom. The van der Waals surface area contributed by atoms with Gasteiger partial charge in [-0.05, 0) is 50.5 Å². The summed E-state index contributed by atoms with van der Waals surface area (Å²) < 4.78 is 23.1. The number of likely N-dealkylation sites (tertiary alicyclic amines) is 1. The van der Waals surface area contributed by atoms with Gasteiger partial charge in [0.15, 0.2) is 9.84 Å². The summed E-state index contributed by atoms with van der Waals surface area (Å²) >= 11 is 0. The van der Waals surface area contributed by atoms with Gasteiger partial charge in [0.1, 0.15) is 0 Å². The van der Waals surface area contributed by atoms with Gasteiger partial charge in [0.25, 0.3) is 0 Å². The Morgan fingerprint density at radius 2 is 1.78 bits per heavy atom. The molecule has 4 heteroatoms. The Kier molecular flexibility index (Phi) is 3.68. The first-order chi connectivity index (χ1) is 8.64. The summed E-state index contributed by atoms with van der Waals surface area (Å²) in [6.07, 6.45) is 9.20. The van der Waals surface area contributed by atoms with Crippen LogP contribution in [0.4, 0.5) is 0 Å². The molecule has 2 aliphatic heterocycles. The number of nitrogens with zero attached hydrogens (tertiary/aromatic N) is 1. The smallest absolute Gasteiger partial charge is 0.150 e. The number of hydrogen-bond donors (Lipinski definition) is 0. The monoisotopic (exact) mass is 271 g/mol. The van der Waals surface area contributed by atoms with Gasteiger partial charge >= 0.3 is 0 Å². The highest BCUT2D eigenvalue weighted by molar-refractivity contribution is 7.91. The first kappa shape index (κ1) is 12.9. The molecule has 0 bridgehead atoms. The summed E-state index contributed by atoms with van der Waals surface area (Å²) in [5, 5.41) is 0. The molecule has 0 aromatic carbocycles. The van der Waals surface area contributed by atoms with E-state index < -0.39 is 9.84 Å². The van der Waals surface area contributed by atoms with Crippen LogP contribution in [0.25, 0.3) is 0 Å². The minimum absolute atomic E-state index is 0.414. The van der Waals surface area contributed by atoms with Crippen molar-refractivity contribution >= 4 is 9.84 Å². The van der Waals surface area contributed by atoms with Crippen LogP contribution in [-0.4, -0.2) is 44.0 Å². The van der Waals surface area contributed by atoms with Crippen molar-refractivity contribution in [3.05, 3.63) is 0 Å². The maximum absolute atomic E-state index is 11.5. The molecule has 1 aliphatic carbocycles. The molecule has 2 saturated heterocycles. The average Bonchev–Trinajstić information content (AvgIpc) is 2.99. The third-order valence-electron chi connectivity index (χ3n) is 5.18. The van der Waals surface area contributed by atoms with Crippen LogP contribution >= 0.6 is 0 Å². The van der Waals surface area contributed by atoms with Gasteiger partial charge in [-0.2, -0.15) is 0 Å². The molecule has 3 rings (SSSR count). The highest BCUT2D eigenvalue weighted by Gasteiger charge is 2.36. The van der Waals surface area contributed by atoms with Gasteiger partial charge in [-0.25, -0.2) is 8.42 Å². The molecule has 2 unspecified atom stereocenters. The molecular formula is C14H25NO2S. The van der Waals surface area contributed by atoms with E-state index in [2.05, 4.69) is 4.90 Å². The van der Waals surface area contributed by atoms with E-state index in [1.54, 1.807) is 0 Å². The molecule has 2 heterocycles. The van der Waals surface area contributed by atoms with E-state index >= 15 is 0 Å². The Hall–Kier alpha value is -0.0900. The van der Waals surface area contributed by atoms with Crippen molar-refractivity contribution in [2.24, 2.45) is 11.8 Å².